The van der Waals surface area contributed by atoms with Crippen LogP contribution in [0.4, 0.5) is 13.2 Å². The molecule has 2 atom stereocenters. The first kappa shape index (κ1) is 15.8. The highest BCUT2D eigenvalue weighted by atomic mass is 35.5. The molecule has 106 valence electrons. The van der Waals surface area contributed by atoms with E-state index in [9.17, 15) is 23.1 Å². The first-order chi connectivity index (χ1) is 8.79. The minimum atomic E-state index is -4.61. The van der Waals surface area contributed by atoms with Gasteiger partial charge < -0.3 is 9.84 Å². The van der Waals surface area contributed by atoms with E-state index < -0.39 is 29.2 Å². The van der Waals surface area contributed by atoms with Gasteiger partial charge in [0.25, 0.3) is 0 Å². The van der Waals surface area contributed by atoms with Crippen molar-refractivity contribution < 1.29 is 27.8 Å². The molecule has 2 unspecified atom stereocenters. The van der Waals surface area contributed by atoms with Crippen molar-refractivity contribution in [3.63, 3.8) is 0 Å². The Balaban J connectivity index is 3.06. The highest BCUT2D eigenvalue weighted by molar-refractivity contribution is 6.22. The van der Waals surface area contributed by atoms with Gasteiger partial charge in [0.1, 0.15) is 0 Å². The van der Waals surface area contributed by atoms with Crippen LogP contribution in [0.1, 0.15) is 23.4 Å². The Morgan fingerprint density at radius 2 is 2.00 bits per heavy atom. The third-order valence-corrected chi connectivity index (χ3v) is 2.84. The molecule has 1 aromatic carbocycles. The van der Waals surface area contributed by atoms with Crippen LogP contribution in [0.15, 0.2) is 24.3 Å². The average Bonchev–Trinajstić information content (AvgIpc) is 2.36. The maximum absolute atomic E-state index is 12.8. The Labute approximate surface area is 112 Å². The fraction of sp³-hybridized carbons (Fsp3) is 0.417. The van der Waals surface area contributed by atoms with Crippen LogP contribution in [0.5, 0.6) is 0 Å². The first-order valence-electron chi connectivity index (χ1n) is 5.44. The number of aliphatic hydroxyl groups excluding tert-OH is 1. The summed E-state index contributed by atoms with van der Waals surface area (Å²) in [7, 11) is 0. The van der Waals surface area contributed by atoms with Crippen LogP contribution in [-0.2, 0) is 15.7 Å². The van der Waals surface area contributed by atoms with Crippen molar-refractivity contribution in [1.82, 2.24) is 0 Å². The number of esters is 1. The van der Waals surface area contributed by atoms with Gasteiger partial charge in [0.15, 0.2) is 6.10 Å². The number of carbonyl (C=O) groups is 1. The molecule has 1 aromatic rings. The summed E-state index contributed by atoms with van der Waals surface area (Å²) in [6, 6.07) is 4.50. The van der Waals surface area contributed by atoms with Gasteiger partial charge in [0.2, 0.25) is 0 Å². The third-order valence-electron chi connectivity index (χ3n) is 2.37. The number of alkyl halides is 4. The fourth-order valence-corrected chi connectivity index (χ4v) is 1.81. The summed E-state index contributed by atoms with van der Waals surface area (Å²) in [5, 5.41) is 8.06. The quantitative estimate of drug-likeness (QED) is 0.686. The standard InChI is InChI=1S/C12H12ClF3O3/c1-2-19-11(18)10(17)9(13)7-5-3-4-6-8(7)12(14,15)16/h3-6,9-10,17H,2H2,1H3. The SMILES string of the molecule is CCOC(=O)C(O)C(Cl)c1ccccc1C(F)(F)F. The Bertz CT molecular complexity index is 448. The highest BCUT2D eigenvalue weighted by Gasteiger charge is 2.37. The van der Waals surface area contributed by atoms with Crippen molar-refractivity contribution >= 4 is 17.6 Å². The zero-order valence-electron chi connectivity index (χ0n) is 9.95. The summed E-state index contributed by atoms with van der Waals surface area (Å²) >= 11 is 5.75. The molecular formula is C12H12ClF3O3. The molecule has 0 fully saturated rings. The van der Waals surface area contributed by atoms with E-state index in [0.29, 0.717) is 0 Å². The number of halogens is 4. The minimum absolute atomic E-state index is 0.000417. The molecule has 0 amide bonds. The zero-order chi connectivity index (χ0) is 14.6. The van der Waals surface area contributed by atoms with Crippen molar-refractivity contribution in [2.24, 2.45) is 0 Å². The van der Waals surface area contributed by atoms with Gasteiger partial charge in [-0.25, -0.2) is 4.79 Å². The summed E-state index contributed by atoms with van der Waals surface area (Å²) in [4.78, 5) is 11.3. The maximum atomic E-state index is 12.8. The molecule has 0 aliphatic rings. The van der Waals surface area contributed by atoms with Crippen LogP contribution in [0.25, 0.3) is 0 Å². The van der Waals surface area contributed by atoms with E-state index in [4.69, 9.17) is 11.6 Å². The molecule has 0 aromatic heterocycles. The molecule has 0 heterocycles. The van der Waals surface area contributed by atoms with E-state index in [0.717, 1.165) is 12.1 Å². The minimum Gasteiger partial charge on any atom is -0.464 e. The van der Waals surface area contributed by atoms with E-state index in [1.165, 1.54) is 19.1 Å². The summed E-state index contributed by atoms with van der Waals surface area (Å²) in [6.45, 7) is 1.51. The molecule has 1 rings (SSSR count). The Hall–Kier alpha value is -1.27. The molecule has 0 spiro atoms. The van der Waals surface area contributed by atoms with E-state index in [1.54, 1.807) is 0 Å². The summed E-state index contributed by atoms with van der Waals surface area (Å²) in [6.07, 6.45) is -6.47. The number of hydrogen-bond donors (Lipinski definition) is 1. The second-order valence-corrected chi connectivity index (χ2v) is 4.15. The van der Waals surface area contributed by atoms with Gasteiger partial charge in [0.05, 0.1) is 17.5 Å². The molecule has 0 saturated carbocycles. The molecule has 3 nitrogen and oxygen atoms in total. The topological polar surface area (TPSA) is 46.5 Å². The number of hydrogen-bond acceptors (Lipinski definition) is 3. The summed E-state index contributed by atoms with van der Waals surface area (Å²) < 4.78 is 42.8. The Morgan fingerprint density at radius 1 is 1.42 bits per heavy atom. The van der Waals surface area contributed by atoms with Crippen LogP contribution >= 0.6 is 11.6 Å². The number of benzene rings is 1. The molecule has 0 saturated heterocycles. The van der Waals surface area contributed by atoms with E-state index >= 15 is 0 Å². The zero-order valence-corrected chi connectivity index (χ0v) is 10.7. The van der Waals surface area contributed by atoms with Gasteiger partial charge in [-0.2, -0.15) is 13.2 Å². The van der Waals surface area contributed by atoms with Crippen molar-refractivity contribution in [2.75, 3.05) is 6.61 Å². The molecule has 7 heteroatoms. The second-order valence-electron chi connectivity index (χ2n) is 3.68. The lowest BCUT2D eigenvalue weighted by Gasteiger charge is -2.20. The van der Waals surface area contributed by atoms with Gasteiger partial charge in [-0.3, -0.25) is 0 Å². The Morgan fingerprint density at radius 3 is 2.53 bits per heavy atom. The third kappa shape index (κ3) is 3.84. The molecule has 0 bridgehead atoms. The first-order valence-corrected chi connectivity index (χ1v) is 5.87. The lowest BCUT2D eigenvalue weighted by atomic mass is 10.0. The predicted octanol–water partition coefficient (Wildman–Crippen LogP) is 2.91. The number of aliphatic hydroxyl groups is 1. The lowest BCUT2D eigenvalue weighted by Crippen LogP contribution is -2.28. The average molecular weight is 297 g/mol. The highest BCUT2D eigenvalue weighted by Crippen LogP contribution is 2.37. The van der Waals surface area contributed by atoms with Gasteiger partial charge >= 0.3 is 12.1 Å². The predicted molar refractivity (Wildman–Crippen MR) is 62.7 cm³/mol. The number of rotatable bonds is 4. The largest absolute Gasteiger partial charge is 0.464 e. The molecular weight excluding hydrogens is 285 g/mol. The van der Waals surface area contributed by atoms with Crippen LogP contribution in [0, 0.1) is 0 Å². The van der Waals surface area contributed by atoms with Gasteiger partial charge in [-0.05, 0) is 18.6 Å². The van der Waals surface area contributed by atoms with Crippen molar-refractivity contribution in [2.45, 2.75) is 24.6 Å². The number of carbonyl (C=O) groups excluding carboxylic acids is 1. The molecule has 19 heavy (non-hydrogen) atoms. The molecule has 0 aliphatic heterocycles. The number of ether oxygens (including phenoxy) is 1. The van der Waals surface area contributed by atoms with Gasteiger partial charge in [-0.1, -0.05) is 18.2 Å². The van der Waals surface area contributed by atoms with Crippen molar-refractivity contribution in [3.05, 3.63) is 35.4 Å². The van der Waals surface area contributed by atoms with E-state index in [1.807, 2.05) is 0 Å². The van der Waals surface area contributed by atoms with Crippen LogP contribution in [0.2, 0.25) is 0 Å². The van der Waals surface area contributed by atoms with E-state index in [-0.39, 0.29) is 12.2 Å². The van der Waals surface area contributed by atoms with Crippen molar-refractivity contribution in [1.29, 1.82) is 0 Å². The fourth-order valence-electron chi connectivity index (χ4n) is 1.51. The lowest BCUT2D eigenvalue weighted by molar-refractivity contribution is -0.153. The maximum Gasteiger partial charge on any atom is 0.416 e. The monoisotopic (exact) mass is 296 g/mol. The summed E-state index contributed by atoms with van der Waals surface area (Å²) in [5.74, 6) is -1.06. The van der Waals surface area contributed by atoms with Crippen LogP contribution in [-0.4, -0.2) is 23.8 Å². The van der Waals surface area contributed by atoms with Gasteiger partial charge in [0, 0.05) is 0 Å². The molecule has 0 radical (unpaired) electrons. The smallest absolute Gasteiger partial charge is 0.416 e. The van der Waals surface area contributed by atoms with Crippen molar-refractivity contribution in [3.8, 4) is 0 Å². The van der Waals surface area contributed by atoms with E-state index in [2.05, 4.69) is 4.74 Å². The second kappa shape index (κ2) is 6.25. The van der Waals surface area contributed by atoms with Crippen LogP contribution in [0.3, 0.4) is 0 Å². The molecule has 0 aliphatic carbocycles. The Kier molecular flexibility index (Phi) is 5.20. The molecule has 1 N–H and O–H groups in total. The van der Waals surface area contributed by atoms with Gasteiger partial charge in [-0.15, -0.1) is 11.6 Å². The van der Waals surface area contributed by atoms with Crippen LogP contribution < -0.4 is 0 Å². The normalized spacial score (nSPS) is 14.8. The summed E-state index contributed by atoms with van der Waals surface area (Å²) in [5.41, 5.74) is -1.35.